The van der Waals surface area contributed by atoms with Gasteiger partial charge in [0.25, 0.3) is 0 Å². The number of hydrogen-bond donors (Lipinski definition) is 0. The molecule has 0 radical (unpaired) electrons. The van der Waals surface area contributed by atoms with Crippen LogP contribution in [-0.2, 0) is 14.3 Å². The maximum Gasteiger partial charge on any atom is 0.335 e. The second-order valence-corrected chi connectivity index (χ2v) is 3.56. The van der Waals surface area contributed by atoms with Crippen molar-refractivity contribution in [3.8, 4) is 0 Å². The second-order valence-electron chi connectivity index (χ2n) is 3.56. The summed E-state index contributed by atoms with van der Waals surface area (Å²) < 4.78 is 4.45. The molecule has 2 aliphatic rings. The largest absolute Gasteiger partial charge is 0.391 e. The van der Waals surface area contributed by atoms with Gasteiger partial charge in [0.1, 0.15) is 0 Å². The van der Waals surface area contributed by atoms with Crippen LogP contribution in [0.3, 0.4) is 0 Å². The van der Waals surface area contributed by atoms with E-state index in [4.69, 9.17) is 0 Å². The highest BCUT2D eigenvalue weighted by atomic mass is 16.6. The Balaban J connectivity index is 2.39. The minimum atomic E-state index is -0.854. The first-order valence-electron chi connectivity index (χ1n) is 4.68. The van der Waals surface area contributed by atoms with Gasteiger partial charge in [-0.1, -0.05) is 13.0 Å². The predicted octanol–water partition coefficient (Wildman–Crippen LogP) is 1.58. The third kappa shape index (κ3) is 0.900. The molecule has 0 atom stereocenters. The van der Waals surface area contributed by atoms with E-state index >= 15 is 0 Å². The lowest BCUT2D eigenvalue weighted by molar-refractivity contribution is -0.194. The number of esters is 2. The first-order chi connectivity index (χ1) is 6.21. The standard InChI is InChI=1S/C10H12O3/c1-2-7-5-3-4-6-10(7)8(11)13-9(10)12/h5H,2-4,6H2,1H3. The van der Waals surface area contributed by atoms with Crippen LogP contribution in [-0.4, -0.2) is 11.9 Å². The molecule has 0 N–H and O–H groups in total. The van der Waals surface area contributed by atoms with Gasteiger partial charge in [-0.2, -0.15) is 0 Å². The molecular weight excluding hydrogens is 168 g/mol. The first-order valence-corrected chi connectivity index (χ1v) is 4.68. The zero-order chi connectivity index (χ0) is 9.47. The maximum atomic E-state index is 11.3. The van der Waals surface area contributed by atoms with Crippen LogP contribution in [0.2, 0.25) is 0 Å². The molecule has 0 amide bonds. The van der Waals surface area contributed by atoms with Gasteiger partial charge in [0.2, 0.25) is 0 Å². The van der Waals surface area contributed by atoms with Crippen LogP contribution in [0.25, 0.3) is 0 Å². The summed E-state index contributed by atoms with van der Waals surface area (Å²) in [6.07, 6.45) is 5.31. The molecule has 1 aliphatic heterocycles. The van der Waals surface area contributed by atoms with Gasteiger partial charge in [-0.3, -0.25) is 0 Å². The molecule has 0 unspecified atom stereocenters. The lowest BCUT2D eigenvalue weighted by Gasteiger charge is -2.40. The van der Waals surface area contributed by atoms with Crippen LogP contribution >= 0.6 is 0 Å². The summed E-state index contributed by atoms with van der Waals surface area (Å²) in [4.78, 5) is 22.6. The highest BCUT2D eigenvalue weighted by molar-refractivity contribution is 6.16. The van der Waals surface area contributed by atoms with Gasteiger partial charge in [0.15, 0.2) is 5.41 Å². The molecule has 0 aromatic rings. The molecule has 1 aliphatic carbocycles. The number of ether oxygens (including phenoxy) is 1. The van der Waals surface area contributed by atoms with E-state index in [1.54, 1.807) is 0 Å². The van der Waals surface area contributed by atoms with E-state index in [1.165, 1.54) is 0 Å². The quantitative estimate of drug-likeness (QED) is 0.349. The molecule has 3 heteroatoms. The van der Waals surface area contributed by atoms with Crippen LogP contribution in [0.4, 0.5) is 0 Å². The normalized spacial score (nSPS) is 25.2. The van der Waals surface area contributed by atoms with Crippen molar-refractivity contribution in [3.05, 3.63) is 11.6 Å². The molecule has 0 aromatic heterocycles. The lowest BCUT2D eigenvalue weighted by Crippen LogP contribution is -2.55. The fourth-order valence-corrected chi connectivity index (χ4v) is 2.19. The number of carbonyl (C=O) groups is 2. The molecular formula is C10H12O3. The van der Waals surface area contributed by atoms with E-state index in [0.717, 1.165) is 24.8 Å². The third-order valence-corrected chi connectivity index (χ3v) is 2.96. The van der Waals surface area contributed by atoms with Crippen molar-refractivity contribution >= 4 is 11.9 Å². The monoisotopic (exact) mass is 180 g/mol. The Morgan fingerprint density at radius 2 is 2.15 bits per heavy atom. The minimum absolute atomic E-state index is 0.342. The van der Waals surface area contributed by atoms with Gasteiger partial charge in [-0.05, 0) is 31.3 Å². The Kier molecular flexibility index (Phi) is 1.75. The molecule has 1 saturated heterocycles. The van der Waals surface area contributed by atoms with E-state index in [0.29, 0.717) is 6.42 Å². The molecule has 70 valence electrons. The third-order valence-electron chi connectivity index (χ3n) is 2.96. The number of carbonyl (C=O) groups excluding carboxylic acids is 2. The summed E-state index contributed by atoms with van der Waals surface area (Å²) in [5, 5.41) is 0. The highest BCUT2D eigenvalue weighted by Gasteiger charge is 2.60. The van der Waals surface area contributed by atoms with Crippen LogP contribution in [0, 0.1) is 5.41 Å². The Labute approximate surface area is 76.8 Å². The van der Waals surface area contributed by atoms with Crippen molar-refractivity contribution in [1.29, 1.82) is 0 Å². The SMILES string of the molecule is CCC1=CCCCC12C(=O)OC2=O. The Morgan fingerprint density at radius 3 is 2.62 bits per heavy atom. The van der Waals surface area contributed by atoms with Crippen LogP contribution in [0.15, 0.2) is 11.6 Å². The summed E-state index contributed by atoms with van der Waals surface area (Å²) in [6, 6.07) is 0. The van der Waals surface area contributed by atoms with Gasteiger partial charge in [-0.25, -0.2) is 9.59 Å². The highest BCUT2D eigenvalue weighted by Crippen LogP contribution is 2.46. The fraction of sp³-hybridized carbons (Fsp3) is 0.600. The molecule has 13 heavy (non-hydrogen) atoms. The fourth-order valence-electron chi connectivity index (χ4n) is 2.19. The minimum Gasteiger partial charge on any atom is -0.391 e. The van der Waals surface area contributed by atoms with Gasteiger partial charge in [-0.15, -0.1) is 0 Å². The van der Waals surface area contributed by atoms with Gasteiger partial charge < -0.3 is 4.74 Å². The number of cyclic esters (lactones) is 2. The second kappa shape index (κ2) is 2.69. The zero-order valence-electron chi connectivity index (χ0n) is 7.63. The smallest absolute Gasteiger partial charge is 0.335 e. The van der Waals surface area contributed by atoms with Crippen molar-refractivity contribution in [1.82, 2.24) is 0 Å². The van der Waals surface area contributed by atoms with E-state index in [-0.39, 0.29) is 11.9 Å². The van der Waals surface area contributed by atoms with Crippen molar-refractivity contribution < 1.29 is 14.3 Å². The van der Waals surface area contributed by atoms with Crippen molar-refractivity contribution in [2.75, 3.05) is 0 Å². The van der Waals surface area contributed by atoms with Crippen LogP contribution in [0.5, 0.6) is 0 Å². The van der Waals surface area contributed by atoms with E-state index in [1.807, 2.05) is 13.0 Å². The van der Waals surface area contributed by atoms with Crippen molar-refractivity contribution in [2.24, 2.45) is 5.41 Å². The first kappa shape index (κ1) is 8.48. The zero-order valence-corrected chi connectivity index (χ0v) is 7.63. The summed E-state index contributed by atoms with van der Waals surface area (Å²) in [7, 11) is 0. The van der Waals surface area contributed by atoms with Gasteiger partial charge >= 0.3 is 11.9 Å². The average molecular weight is 180 g/mol. The molecule has 0 saturated carbocycles. The summed E-state index contributed by atoms with van der Waals surface area (Å²) >= 11 is 0. The van der Waals surface area contributed by atoms with Gasteiger partial charge in [0, 0.05) is 0 Å². The topological polar surface area (TPSA) is 43.4 Å². The lowest BCUT2D eigenvalue weighted by atomic mass is 9.69. The molecule has 1 fully saturated rings. The molecule has 1 spiro atoms. The summed E-state index contributed by atoms with van der Waals surface area (Å²) in [6.45, 7) is 1.97. The van der Waals surface area contributed by atoms with Crippen LogP contribution in [0.1, 0.15) is 32.6 Å². The van der Waals surface area contributed by atoms with Gasteiger partial charge in [0.05, 0.1) is 0 Å². The molecule has 0 aromatic carbocycles. The van der Waals surface area contributed by atoms with Crippen molar-refractivity contribution in [2.45, 2.75) is 32.6 Å². The predicted molar refractivity (Wildman–Crippen MR) is 45.8 cm³/mol. The number of hydrogen-bond acceptors (Lipinski definition) is 3. The van der Waals surface area contributed by atoms with E-state index in [2.05, 4.69) is 4.74 Å². The Hall–Kier alpha value is -1.12. The Morgan fingerprint density at radius 1 is 1.46 bits per heavy atom. The van der Waals surface area contributed by atoms with E-state index < -0.39 is 5.41 Å². The van der Waals surface area contributed by atoms with Crippen molar-refractivity contribution in [3.63, 3.8) is 0 Å². The molecule has 1 heterocycles. The molecule has 3 nitrogen and oxygen atoms in total. The summed E-state index contributed by atoms with van der Waals surface area (Å²) in [5.41, 5.74) is 0.104. The molecule has 0 bridgehead atoms. The Bertz CT molecular complexity index is 287. The number of rotatable bonds is 1. The molecule has 2 rings (SSSR count). The maximum absolute atomic E-state index is 11.3. The van der Waals surface area contributed by atoms with E-state index in [9.17, 15) is 9.59 Å². The summed E-state index contributed by atoms with van der Waals surface area (Å²) in [5.74, 6) is -0.685. The van der Waals surface area contributed by atoms with Crippen LogP contribution < -0.4 is 0 Å². The average Bonchev–Trinajstić information content (AvgIpc) is 2.18. The number of allylic oxidation sites excluding steroid dienone is 1.